The summed E-state index contributed by atoms with van der Waals surface area (Å²) in [5, 5.41) is 16.2. The quantitative estimate of drug-likeness (QED) is 0.274. The first-order valence-corrected chi connectivity index (χ1v) is 13.8. The zero-order valence-electron chi connectivity index (χ0n) is 23.0. The molecule has 0 bridgehead atoms. The van der Waals surface area contributed by atoms with Crippen LogP contribution in [0.2, 0.25) is 0 Å². The van der Waals surface area contributed by atoms with Gasteiger partial charge in [-0.15, -0.1) is 10.2 Å². The Morgan fingerprint density at radius 3 is 2.69 bits per heavy atom. The summed E-state index contributed by atoms with van der Waals surface area (Å²) in [6.07, 6.45) is 3.32. The molecule has 0 radical (unpaired) electrons. The van der Waals surface area contributed by atoms with Crippen molar-refractivity contribution >= 4 is 28.4 Å². The highest BCUT2D eigenvalue weighted by atomic mass is 19.1. The summed E-state index contributed by atoms with van der Waals surface area (Å²) in [6.45, 7) is 2.53. The second-order valence-electron chi connectivity index (χ2n) is 10.3. The molecule has 5 aromatic rings. The number of fused-ring (bicyclic) bond motifs is 1. The van der Waals surface area contributed by atoms with Crippen LogP contribution >= 0.6 is 0 Å². The highest BCUT2D eigenvalue weighted by molar-refractivity contribution is 6.03. The number of para-hydroxylation sites is 2. The van der Waals surface area contributed by atoms with E-state index >= 15 is 4.39 Å². The first kappa shape index (κ1) is 27.3. The summed E-state index contributed by atoms with van der Waals surface area (Å²) in [7, 11) is 0. The van der Waals surface area contributed by atoms with Crippen LogP contribution in [-0.4, -0.2) is 56.3 Å². The van der Waals surface area contributed by atoms with Gasteiger partial charge < -0.3 is 15.0 Å². The third-order valence-electron chi connectivity index (χ3n) is 7.37. The molecule has 1 aliphatic rings. The van der Waals surface area contributed by atoms with E-state index in [1.54, 1.807) is 12.3 Å². The van der Waals surface area contributed by atoms with Gasteiger partial charge in [-0.1, -0.05) is 60.2 Å². The number of hydrogen-bond acceptors (Lipinski definition) is 6. The molecule has 10 nitrogen and oxygen atoms in total. The fourth-order valence-electron chi connectivity index (χ4n) is 5.22. The standard InChI is InChI=1S/C31H30FN7O3/c1-20-12-14-21(15-13-20)30-35-37-38(36-30)19-28(40)39(27-11-5-3-9-25(27)32)29(31(41)34-17-22-7-6-16-42-22)24-18-33-26-10-4-2-8-23(24)26/h2-5,8-15,18,22,29,33H,6-7,16-17,19H2,1H3,(H,34,41)/t22-,29+/m0/s1. The largest absolute Gasteiger partial charge is 0.376 e. The number of rotatable bonds is 9. The summed E-state index contributed by atoms with van der Waals surface area (Å²) in [6, 6.07) is 19.8. The van der Waals surface area contributed by atoms with Gasteiger partial charge in [0.15, 0.2) is 0 Å². The number of aromatic nitrogens is 5. The summed E-state index contributed by atoms with van der Waals surface area (Å²) < 4.78 is 21.1. The van der Waals surface area contributed by atoms with Gasteiger partial charge in [-0.05, 0) is 43.2 Å². The Morgan fingerprint density at radius 1 is 1.12 bits per heavy atom. The van der Waals surface area contributed by atoms with Gasteiger partial charge in [0.05, 0.1) is 11.8 Å². The molecule has 0 aliphatic carbocycles. The lowest BCUT2D eigenvalue weighted by molar-refractivity contribution is -0.127. The molecule has 214 valence electrons. The number of nitrogens with one attached hydrogen (secondary N) is 2. The lowest BCUT2D eigenvalue weighted by Crippen LogP contribution is -2.47. The number of amides is 2. The normalized spacial score (nSPS) is 15.5. The molecular formula is C31H30FN7O3. The monoisotopic (exact) mass is 567 g/mol. The van der Waals surface area contributed by atoms with E-state index in [4.69, 9.17) is 4.74 Å². The Labute approximate surface area is 241 Å². The predicted molar refractivity (Wildman–Crippen MR) is 155 cm³/mol. The lowest BCUT2D eigenvalue weighted by atomic mass is 10.0. The minimum atomic E-state index is -1.20. The zero-order chi connectivity index (χ0) is 29.1. The molecule has 0 saturated carbocycles. The number of anilines is 1. The van der Waals surface area contributed by atoms with E-state index in [-0.39, 0.29) is 24.9 Å². The third kappa shape index (κ3) is 5.64. The fourth-order valence-corrected chi connectivity index (χ4v) is 5.22. The number of ether oxygens (including phenoxy) is 1. The van der Waals surface area contributed by atoms with Crippen LogP contribution in [0, 0.1) is 12.7 Å². The maximum absolute atomic E-state index is 15.4. The van der Waals surface area contributed by atoms with E-state index in [9.17, 15) is 9.59 Å². The van der Waals surface area contributed by atoms with E-state index < -0.39 is 23.7 Å². The topological polar surface area (TPSA) is 118 Å². The summed E-state index contributed by atoms with van der Waals surface area (Å²) in [5.74, 6) is -1.34. The van der Waals surface area contributed by atoms with Crippen LogP contribution in [0.4, 0.5) is 10.1 Å². The molecule has 3 aromatic carbocycles. The van der Waals surface area contributed by atoms with Gasteiger partial charge >= 0.3 is 0 Å². The van der Waals surface area contributed by atoms with Gasteiger partial charge in [-0.3, -0.25) is 14.5 Å². The number of tetrazole rings is 1. The predicted octanol–water partition coefficient (Wildman–Crippen LogP) is 4.34. The summed E-state index contributed by atoms with van der Waals surface area (Å²) in [5.41, 5.74) is 3.10. The Morgan fingerprint density at radius 2 is 1.90 bits per heavy atom. The van der Waals surface area contributed by atoms with Crippen molar-refractivity contribution in [2.24, 2.45) is 0 Å². The average molecular weight is 568 g/mol. The van der Waals surface area contributed by atoms with E-state index in [0.29, 0.717) is 18.0 Å². The smallest absolute Gasteiger partial charge is 0.251 e. The maximum Gasteiger partial charge on any atom is 0.251 e. The molecule has 0 spiro atoms. The van der Waals surface area contributed by atoms with Gasteiger partial charge in [-0.2, -0.15) is 4.80 Å². The molecule has 2 N–H and O–H groups in total. The molecule has 6 rings (SSSR count). The molecule has 1 saturated heterocycles. The first-order valence-electron chi connectivity index (χ1n) is 13.8. The minimum absolute atomic E-state index is 0.0380. The van der Waals surface area contributed by atoms with Gasteiger partial charge in [0.25, 0.3) is 5.91 Å². The SMILES string of the molecule is Cc1ccc(-c2nnn(CC(=O)N(c3ccccc3F)[C@@H](C(=O)NC[C@@H]3CCCO3)c3c[nH]c4ccccc34)n2)cc1. The highest BCUT2D eigenvalue weighted by Crippen LogP contribution is 2.34. The highest BCUT2D eigenvalue weighted by Gasteiger charge is 2.36. The lowest BCUT2D eigenvalue weighted by Gasteiger charge is -2.31. The van der Waals surface area contributed by atoms with Crippen LogP contribution in [0.15, 0.2) is 79.0 Å². The second kappa shape index (κ2) is 11.9. The van der Waals surface area contributed by atoms with Crippen LogP contribution in [-0.2, 0) is 20.9 Å². The van der Waals surface area contributed by atoms with Gasteiger partial charge in [0.1, 0.15) is 18.4 Å². The first-order chi connectivity index (χ1) is 20.5. The molecule has 1 fully saturated rings. The molecular weight excluding hydrogens is 537 g/mol. The number of aryl methyl sites for hydroxylation is 1. The van der Waals surface area contributed by atoms with Crippen LogP contribution in [0.25, 0.3) is 22.3 Å². The number of benzene rings is 3. The van der Waals surface area contributed by atoms with Crippen molar-refractivity contribution in [2.75, 3.05) is 18.1 Å². The summed E-state index contributed by atoms with van der Waals surface area (Å²) in [4.78, 5) is 33.6. The average Bonchev–Trinajstić information content (AvgIpc) is 3.77. The van der Waals surface area contributed by atoms with E-state index in [0.717, 1.165) is 39.7 Å². The number of halogens is 1. The molecule has 3 heterocycles. The Hall–Kier alpha value is -4.90. The van der Waals surface area contributed by atoms with Crippen LogP contribution in [0.3, 0.4) is 0 Å². The number of hydrogen-bond donors (Lipinski definition) is 2. The molecule has 2 atom stereocenters. The Balaban J connectivity index is 1.38. The van der Waals surface area contributed by atoms with E-state index in [1.807, 2.05) is 55.5 Å². The number of aromatic amines is 1. The molecule has 2 amide bonds. The number of H-pyrrole nitrogens is 1. The van der Waals surface area contributed by atoms with Crippen molar-refractivity contribution in [1.29, 1.82) is 0 Å². The van der Waals surface area contributed by atoms with Crippen LogP contribution in [0.1, 0.15) is 30.0 Å². The van der Waals surface area contributed by atoms with Gasteiger partial charge in [0.2, 0.25) is 11.7 Å². The molecule has 1 aliphatic heterocycles. The fraction of sp³-hybridized carbons (Fsp3) is 0.258. The van der Waals surface area contributed by atoms with E-state index in [2.05, 4.69) is 25.7 Å². The Bertz CT molecular complexity index is 1710. The maximum atomic E-state index is 15.4. The zero-order valence-corrected chi connectivity index (χ0v) is 23.0. The van der Waals surface area contributed by atoms with Crippen molar-refractivity contribution in [3.05, 3.63) is 95.9 Å². The van der Waals surface area contributed by atoms with Crippen LogP contribution in [0.5, 0.6) is 0 Å². The minimum Gasteiger partial charge on any atom is -0.376 e. The summed E-state index contributed by atoms with van der Waals surface area (Å²) >= 11 is 0. The molecule has 2 aromatic heterocycles. The number of carbonyl (C=O) groups excluding carboxylic acids is 2. The van der Waals surface area contributed by atoms with Crippen molar-refractivity contribution < 1.29 is 18.7 Å². The van der Waals surface area contributed by atoms with Crippen molar-refractivity contribution in [3.8, 4) is 11.4 Å². The molecule has 0 unspecified atom stereocenters. The van der Waals surface area contributed by atoms with Crippen molar-refractivity contribution in [1.82, 2.24) is 30.5 Å². The number of carbonyl (C=O) groups is 2. The third-order valence-corrected chi connectivity index (χ3v) is 7.37. The van der Waals surface area contributed by atoms with Gasteiger partial charge in [0, 0.05) is 41.4 Å². The van der Waals surface area contributed by atoms with Gasteiger partial charge in [-0.25, -0.2) is 4.39 Å². The second-order valence-corrected chi connectivity index (χ2v) is 10.3. The number of nitrogens with zero attached hydrogens (tertiary/aromatic N) is 5. The van der Waals surface area contributed by atoms with E-state index in [1.165, 1.54) is 23.1 Å². The molecule has 42 heavy (non-hydrogen) atoms. The van der Waals surface area contributed by atoms with Crippen LogP contribution < -0.4 is 10.2 Å². The molecule has 11 heteroatoms. The Kier molecular flexibility index (Phi) is 7.74. The van der Waals surface area contributed by atoms with Crippen molar-refractivity contribution in [2.45, 2.75) is 38.5 Å². The van der Waals surface area contributed by atoms with Crippen molar-refractivity contribution in [3.63, 3.8) is 0 Å².